The Balaban J connectivity index is 2.23. The molecule has 0 aromatic rings. The third-order valence-corrected chi connectivity index (χ3v) is 2.98. The van der Waals surface area contributed by atoms with Crippen molar-refractivity contribution < 1.29 is 5.11 Å². The van der Waals surface area contributed by atoms with Crippen LogP contribution in [0.3, 0.4) is 0 Å². The number of rotatable bonds is 0. The van der Waals surface area contributed by atoms with Crippen molar-refractivity contribution in [1.29, 1.82) is 0 Å². The maximum Gasteiger partial charge on any atom is 0.0611 e. The second kappa shape index (κ2) is 3.06. The maximum atomic E-state index is 9.75. The van der Waals surface area contributed by atoms with Gasteiger partial charge in [-0.2, -0.15) is 0 Å². The van der Waals surface area contributed by atoms with Crippen LogP contribution in [0.4, 0.5) is 0 Å². The maximum absolute atomic E-state index is 9.75. The lowest BCUT2D eigenvalue weighted by molar-refractivity contribution is 0.101. The first kappa shape index (κ1) is 8.06. The quantitative estimate of drug-likeness (QED) is 0.582. The fraction of sp³-hybridized carbons (Fsp3) is 0.636. The molecule has 1 heteroatoms. The summed E-state index contributed by atoms with van der Waals surface area (Å²) < 4.78 is 0. The van der Waals surface area contributed by atoms with Crippen molar-refractivity contribution in [3.05, 3.63) is 23.8 Å². The predicted octanol–water partition coefficient (Wildman–Crippen LogP) is 2.28. The number of aliphatic hydroxyl groups excluding tert-OH is 1. The van der Waals surface area contributed by atoms with Crippen LogP contribution in [0.5, 0.6) is 0 Å². The summed E-state index contributed by atoms with van der Waals surface area (Å²) in [7, 11) is 0. The van der Waals surface area contributed by atoms with E-state index in [-0.39, 0.29) is 6.10 Å². The smallest absolute Gasteiger partial charge is 0.0611 e. The van der Waals surface area contributed by atoms with E-state index >= 15 is 0 Å². The summed E-state index contributed by atoms with van der Waals surface area (Å²) in [5, 5.41) is 9.75. The number of hydrogen-bond acceptors (Lipinski definition) is 1. The molecule has 0 radical (unpaired) electrons. The molecule has 2 aliphatic carbocycles. The molecular formula is C11H16O. The monoisotopic (exact) mass is 164 g/mol. The summed E-state index contributed by atoms with van der Waals surface area (Å²) in [4.78, 5) is 0. The Kier molecular flexibility index (Phi) is 2.05. The van der Waals surface area contributed by atoms with Crippen molar-refractivity contribution in [2.24, 2.45) is 11.8 Å². The third kappa shape index (κ3) is 1.34. The average molecular weight is 164 g/mol. The van der Waals surface area contributed by atoms with Gasteiger partial charge >= 0.3 is 0 Å². The Labute approximate surface area is 73.8 Å². The highest BCUT2D eigenvalue weighted by Gasteiger charge is 2.28. The molecule has 0 fully saturated rings. The van der Waals surface area contributed by atoms with Crippen molar-refractivity contribution in [3.8, 4) is 0 Å². The van der Waals surface area contributed by atoms with E-state index in [1.165, 1.54) is 5.57 Å². The fourth-order valence-electron chi connectivity index (χ4n) is 2.23. The molecule has 2 rings (SSSR count). The van der Waals surface area contributed by atoms with Gasteiger partial charge in [-0.15, -0.1) is 0 Å². The molecule has 0 saturated carbocycles. The van der Waals surface area contributed by atoms with E-state index in [1.54, 1.807) is 0 Å². The molecule has 0 saturated heterocycles. The van der Waals surface area contributed by atoms with E-state index in [2.05, 4.69) is 25.2 Å². The van der Waals surface area contributed by atoms with Gasteiger partial charge in [-0.05, 0) is 30.8 Å². The Morgan fingerprint density at radius 1 is 1.50 bits per heavy atom. The Hall–Kier alpha value is -0.560. The molecule has 0 aromatic heterocycles. The summed E-state index contributed by atoms with van der Waals surface area (Å²) in [5.74, 6) is 1.07. The van der Waals surface area contributed by atoms with Crippen molar-refractivity contribution in [3.63, 3.8) is 0 Å². The summed E-state index contributed by atoms with van der Waals surface area (Å²) in [6.45, 7) is 2.22. The standard InChI is InChI=1S/C11H16O/c1-8-5-6-9-3-2-4-11(12)10(9)7-8/h3,5-6,8,10-12H,2,4,7H2,1H3/t8?,10-,11+/m1/s1. The lowest BCUT2D eigenvalue weighted by atomic mass is 9.76. The van der Waals surface area contributed by atoms with Gasteiger partial charge in [-0.1, -0.05) is 25.2 Å². The molecule has 1 unspecified atom stereocenters. The van der Waals surface area contributed by atoms with Gasteiger partial charge in [0.05, 0.1) is 6.10 Å². The minimum Gasteiger partial charge on any atom is -0.392 e. The summed E-state index contributed by atoms with van der Waals surface area (Å²) in [6, 6.07) is 0. The van der Waals surface area contributed by atoms with Crippen LogP contribution in [0, 0.1) is 11.8 Å². The van der Waals surface area contributed by atoms with Gasteiger partial charge in [-0.25, -0.2) is 0 Å². The Morgan fingerprint density at radius 3 is 3.17 bits per heavy atom. The fourth-order valence-corrected chi connectivity index (χ4v) is 2.23. The Morgan fingerprint density at radius 2 is 2.33 bits per heavy atom. The highest BCUT2D eigenvalue weighted by Crippen LogP contribution is 2.35. The SMILES string of the molecule is CC1C=CC2=CCC[C@H](O)[C@@H]2C1. The average Bonchev–Trinajstić information content (AvgIpc) is 2.07. The van der Waals surface area contributed by atoms with Gasteiger partial charge in [0.2, 0.25) is 0 Å². The van der Waals surface area contributed by atoms with Crippen molar-refractivity contribution in [2.45, 2.75) is 32.3 Å². The van der Waals surface area contributed by atoms with Crippen molar-refractivity contribution in [2.75, 3.05) is 0 Å². The van der Waals surface area contributed by atoms with Crippen LogP contribution in [-0.2, 0) is 0 Å². The van der Waals surface area contributed by atoms with Crippen molar-refractivity contribution in [1.82, 2.24) is 0 Å². The largest absolute Gasteiger partial charge is 0.392 e. The second-order valence-corrected chi connectivity index (χ2v) is 4.03. The zero-order valence-corrected chi connectivity index (χ0v) is 7.53. The van der Waals surface area contributed by atoms with Crippen LogP contribution in [0.15, 0.2) is 23.8 Å². The zero-order chi connectivity index (χ0) is 8.55. The van der Waals surface area contributed by atoms with Crippen LogP contribution in [0.1, 0.15) is 26.2 Å². The topological polar surface area (TPSA) is 20.2 Å². The molecule has 1 N–H and O–H groups in total. The zero-order valence-electron chi connectivity index (χ0n) is 7.53. The second-order valence-electron chi connectivity index (χ2n) is 4.03. The summed E-state index contributed by atoms with van der Waals surface area (Å²) >= 11 is 0. The number of allylic oxidation sites excluding steroid dienone is 3. The molecule has 2 aliphatic rings. The van der Waals surface area contributed by atoms with Gasteiger partial charge < -0.3 is 5.11 Å². The lowest BCUT2D eigenvalue weighted by Gasteiger charge is -2.32. The van der Waals surface area contributed by atoms with Crippen molar-refractivity contribution >= 4 is 0 Å². The normalized spacial score (nSPS) is 40.5. The first-order chi connectivity index (χ1) is 5.77. The van der Waals surface area contributed by atoms with Crippen LogP contribution in [0.2, 0.25) is 0 Å². The molecule has 3 atom stereocenters. The van der Waals surface area contributed by atoms with Gasteiger partial charge in [-0.3, -0.25) is 0 Å². The first-order valence-corrected chi connectivity index (χ1v) is 4.83. The van der Waals surface area contributed by atoms with E-state index in [4.69, 9.17) is 0 Å². The van der Waals surface area contributed by atoms with E-state index in [0.29, 0.717) is 11.8 Å². The predicted molar refractivity (Wildman–Crippen MR) is 49.7 cm³/mol. The first-order valence-electron chi connectivity index (χ1n) is 4.83. The van der Waals surface area contributed by atoms with Gasteiger partial charge in [0.1, 0.15) is 0 Å². The number of hydrogen-bond donors (Lipinski definition) is 1. The number of fused-ring (bicyclic) bond motifs is 1. The third-order valence-electron chi connectivity index (χ3n) is 2.98. The molecule has 0 aliphatic heterocycles. The molecule has 0 amide bonds. The number of aliphatic hydroxyl groups is 1. The van der Waals surface area contributed by atoms with Crippen LogP contribution in [0.25, 0.3) is 0 Å². The summed E-state index contributed by atoms with van der Waals surface area (Å²) in [5.41, 5.74) is 1.37. The molecule has 0 spiro atoms. The van der Waals surface area contributed by atoms with Crippen LogP contribution in [-0.4, -0.2) is 11.2 Å². The molecule has 0 bridgehead atoms. The minimum absolute atomic E-state index is 0.0857. The summed E-state index contributed by atoms with van der Waals surface area (Å²) in [6.07, 6.45) is 9.77. The molecule has 12 heavy (non-hydrogen) atoms. The molecule has 0 aromatic carbocycles. The molecule has 1 nitrogen and oxygen atoms in total. The lowest BCUT2D eigenvalue weighted by Crippen LogP contribution is -2.28. The van der Waals surface area contributed by atoms with Crippen LogP contribution < -0.4 is 0 Å². The van der Waals surface area contributed by atoms with Crippen LogP contribution >= 0.6 is 0 Å². The highest BCUT2D eigenvalue weighted by molar-refractivity contribution is 5.28. The van der Waals surface area contributed by atoms with E-state index in [1.807, 2.05) is 0 Å². The minimum atomic E-state index is -0.0857. The molecular weight excluding hydrogens is 148 g/mol. The molecule has 0 heterocycles. The van der Waals surface area contributed by atoms with E-state index in [0.717, 1.165) is 19.3 Å². The molecule has 66 valence electrons. The van der Waals surface area contributed by atoms with Gasteiger partial charge in [0.15, 0.2) is 0 Å². The van der Waals surface area contributed by atoms with Gasteiger partial charge in [0, 0.05) is 5.92 Å². The van der Waals surface area contributed by atoms with E-state index in [9.17, 15) is 5.11 Å². The Bertz CT molecular complexity index is 227. The highest BCUT2D eigenvalue weighted by atomic mass is 16.3. The van der Waals surface area contributed by atoms with E-state index < -0.39 is 0 Å². The van der Waals surface area contributed by atoms with Gasteiger partial charge in [0.25, 0.3) is 0 Å².